The number of amides is 1. The minimum absolute atomic E-state index is 0.288. The number of hydrogen-bond donors (Lipinski definition) is 1. The largest absolute Gasteiger partial charge is 0.423 e. The zero-order valence-electron chi connectivity index (χ0n) is 16.2. The maximum atomic E-state index is 13.2. The van der Waals surface area contributed by atoms with Crippen LogP contribution in [0.5, 0.6) is 0 Å². The second-order valence-corrected chi connectivity index (χ2v) is 6.69. The lowest BCUT2D eigenvalue weighted by molar-refractivity contribution is 0.102. The molecule has 150 valence electrons. The van der Waals surface area contributed by atoms with Crippen molar-refractivity contribution in [3.05, 3.63) is 97.3 Å². The Bertz CT molecular complexity index is 1310. The first-order valence-electron chi connectivity index (χ1n) is 9.51. The number of anilines is 1. The van der Waals surface area contributed by atoms with Gasteiger partial charge < -0.3 is 9.73 Å². The lowest BCUT2D eigenvalue weighted by Gasteiger charge is -2.06. The summed E-state index contributed by atoms with van der Waals surface area (Å²) in [6, 6.07) is 20.5. The highest BCUT2D eigenvalue weighted by Crippen LogP contribution is 2.25. The third kappa shape index (κ3) is 3.82. The monoisotopic (exact) mass is 408 g/mol. The zero-order chi connectivity index (χ0) is 21.0. The van der Waals surface area contributed by atoms with Crippen molar-refractivity contribution >= 4 is 11.6 Å². The van der Waals surface area contributed by atoms with Gasteiger partial charge in [0.2, 0.25) is 12.3 Å². The van der Waals surface area contributed by atoms with E-state index in [-0.39, 0.29) is 5.91 Å². The standard InChI is InChI=1S/C23H16N6O2/c30-22(26-18-8-4-6-16(12-18)23-27-25-15-31-23)20-14-29(19-9-2-1-3-10-19)28-21(20)17-7-5-11-24-13-17/h1-15H,(H,26,30). The molecule has 3 aromatic heterocycles. The summed E-state index contributed by atoms with van der Waals surface area (Å²) in [6.07, 6.45) is 6.35. The highest BCUT2D eigenvalue weighted by Gasteiger charge is 2.19. The van der Waals surface area contributed by atoms with Crippen LogP contribution < -0.4 is 5.32 Å². The number of benzene rings is 2. The van der Waals surface area contributed by atoms with Crippen LogP contribution in [-0.4, -0.2) is 30.9 Å². The molecule has 0 saturated heterocycles. The third-order valence-corrected chi connectivity index (χ3v) is 4.64. The Morgan fingerprint density at radius 1 is 0.968 bits per heavy atom. The predicted octanol–water partition coefficient (Wildman–Crippen LogP) is 4.24. The SMILES string of the molecule is O=C(Nc1cccc(-c2nnco2)c1)c1cn(-c2ccccc2)nc1-c1cccnc1. The predicted molar refractivity (Wildman–Crippen MR) is 114 cm³/mol. The quantitative estimate of drug-likeness (QED) is 0.467. The van der Waals surface area contributed by atoms with E-state index in [0.717, 1.165) is 11.3 Å². The number of para-hydroxylation sites is 1. The summed E-state index contributed by atoms with van der Waals surface area (Å²) < 4.78 is 6.92. The molecule has 0 fully saturated rings. The van der Waals surface area contributed by atoms with Crippen molar-refractivity contribution in [3.8, 4) is 28.4 Å². The van der Waals surface area contributed by atoms with Crippen molar-refractivity contribution in [3.63, 3.8) is 0 Å². The summed E-state index contributed by atoms with van der Waals surface area (Å²) in [6.45, 7) is 0. The van der Waals surface area contributed by atoms with Gasteiger partial charge in [0.1, 0.15) is 5.69 Å². The van der Waals surface area contributed by atoms with Gasteiger partial charge in [0.25, 0.3) is 5.91 Å². The van der Waals surface area contributed by atoms with Crippen LogP contribution in [0.25, 0.3) is 28.4 Å². The number of nitrogens with zero attached hydrogens (tertiary/aromatic N) is 5. The normalized spacial score (nSPS) is 10.7. The van der Waals surface area contributed by atoms with Crippen LogP contribution in [0.3, 0.4) is 0 Å². The van der Waals surface area contributed by atoms with Gasteiger partial charge in [0.15, 0.2) is 0 Å². The van der Waals surface area contributed by atoms with E-state index in [0.29, 0.717) is 28.4 Å². The first kappa shape index (κ1) is 18.4. The van der Waals surface area contributed by atoms with E-state index in [2.05, 4.69) is 25.6 Å². The van der Waals surface area contributed by atoms with Gasteiger partial charge >= 0.3 is 0 Å². The first-order valence-corrected chi connectivity index (χ1v) is 9.51. The molecule has 31 heavy (non-hydrogen) atoms. The zero-order valence-corrected chi connectivity index (χ0v) is 16.2. The van der Waals surface area contributed by atoms with Crippen molar-refractivity contribution in [2.75, 3.05) is 5.32 Å². The number of pyridine rings is 1. The van der Waals surface area contributed by atoms with Gasteiger partial charge in [-0.25, -0.2) is 4.68 Å². The topological polar surface area (TPSA) is 98.7 Å². The number of rotatable bonds is 5. The van der Waals surface area contributed by atoms with Crippen molar-refractivity contribution in [2.45, 2.75) is 0 Å². The van der Waals surface area contributed by atoms with Gasteiger partial charge in [0, 0.05) is 35.4 Å². The van der Waals surface area contributed by atoms with Crippen LogP contribution in [0.15, 0.2) is 96.1 Å². The van der Waals surface area contributed by atoms with Gasteiger partial charge in [-0.15, -0.1) is 10.2 Å². The number of carbonyl (C=O) groups excluding carboxylic acids is 1. The molecule has 0 aliphatic heterocycles. The molecule has 0 aliphatic rings. The molecule has 5 rings (SSSR count). The molecule has 3 heterocycles. The minimum Gasteiger partial charge on any atom is -0.423 e. The molecule has 0 atom stereocenters. The molecule has 1 N–H and O–H groups in total. The van der Waals surface area contributed by atoms with E-state index in [1.165, 1.54) is 6.39 Å². The van der Waals surface area contributed by atoms with Gasteiger partial charge in [-0.3, -0.25) is 9.78 Å². The Morgan fingerprint density at radius 3 is 2.61 bits per heavy atom. The van der Waals surface area contributed by atoms with E-state index in [1.54, 1.807) is 35.4 Å². The Morgan fingerprint density at radius 2 is 1.84 bits per heavy atom. The summed E-state index contributed by atoms with van der Waals surface area (Å²) in [4.78, 5) is 17.4. The number of aromatic nitrogens is 5. The van der Waals surface area contributed by atoms with Gasteiger partial charge in [0.05, 0.1) is 11.3 Å². The van der Waals surface area contributed by atoms with Crippen LogP contribution in [0, 0.1) is 0 Å². The molecule has 0 unspecified atom stereocenters. The lowest BCUT2D eigenvalue weighted by atomic mass is 10.1. The fraction of sp³-hybridized carbons (Fsp3) is 0. The summed E-state index contributed by atoms with van der Waals surface area (Å²) in [5.41, 5.74) is 3.89. The van der Waals surface area contributed by atoms with Crippen LogP contribution in [0.2, 0.25) is 0 Å². The third-order valence-electron chi connectivity index (χ3n) is 4.64. The maximum absolute atomic E-state index is 13.2. The minimum atomic E-state index is -0.288. The fourth-order valence-electron chi connectivity index (χ4n) is 3.20. The van der Waals surface area contributed by atoms with E-state index in [4.69, 9.17) is 4.42 Å². The highest BCUT2D eigenvalue weighted by molar-refractivity contribution is 6.08. The molecular weight excluding hydrogens is 392 g/mol. The van der Waals surface area contributed by atoms with E-state index >= 15 is 0 Å². The molecule has 5 aromatic rings. The van der Waals surface area contributed by atoms with E-state index in [9.17, 15) is 4.79 Å². The summed E-state index contributed by atoms with van der Waals surface area (Å²) >= 11 is 0. The summed E-state index contributed by atoms with van der Waals surface area (Å²) in [5, 5.41) is 15.2. The molecule has 0 bridgehead atoms. The number of carbonyl (C=O) groups is 1. The van der Waals surface area contributed by atoms with Gasteiger partial charge in [-0.05, 0) is 42.5 Å². The summed E-state index contributed by atoms with van der Waals surface area (Å²) in [7, 11) is 0. The lowest BCUT2D eigenvalue weighted by Crippen LogP contribution is -2.12. The Balaban J connectivity index is 1.51. The van der Waals surface area contributed by atoms with E-state index in [1.807, 2.05) is 54.6 Å². The first-order chi connectivity index (χ1) is 15.3. The van der Waals surface area contributed by atoms with Crippen LogP contribution in [0.1, 0.15) is 10.4 Å². The van der Waals surface area contributed by atoms with Crippen molar-refractivity contribution in [2.24, 2.45) is 0 Å². The molecule has 0 radical (unpaired) electrons. The number of nitrogens with one attached hydrogen (secondary N) is 1. The molecule has 1 amide bonds. The smallest absolute Gasteiger partial charge is 0.259 e. The molecule has 0 aliphatic carbocycles. The average molecular weight is 408 g/mol. The molecule has 0 spiro atoms. The van der Waals surface area contributed by atoms with Crippen LogP contribution in [0.4, 0.5) is 5.69 Å². The molecule has 8 heteroatoms. The Labute approximate surface area is 177 Å². The summed E-state index contributed by atoms with van der Waals surface area (Å²) in [5.74, 6) is 0.0905. The number of hydrogen-bond acceptors (Lipinski definition) is 6. The average Bonchev–Trinajstić information content (AvgIpc) is 3.51. The van der Waals surface area contributed by atoms with Crippen molar-refractivity contribution in [1.82, 2.24) is 25.0 Å². The molecule has 0 saturated carbocycles. The fourth-order valence-corrected chi connectivity index (χ4v) is 3.20. The Kier molecular flexibility index (Phi) is 4.78. The van der Waals surface area contributed by atoms with E-state index < -0.39 is 0 Å². The Hall–Kier alpha value is -4.59. The van der Waals surface area contributed by atoms with Crippen LogP contribution in [-0.2, 0) is 0 Å². The van der Waals surface area contributed by atoms with Gasteiger partial charge in [-0.2, -0.15) is 5.10 Å². The van der Waals surface area contributed by atoms with Crippen molar-refractivity contribution in [1.29, 1.82) is 0 Å². The second-order valence-electron chi connectivity index (χ2n) is 6.69. The maximum Gasteiger partial charge on any atom is 0.259 e. The second kappa shape index (κ2) is 8.03. The van der Waals surface area contributed by atoms with Crippen molar-refractivity contribution < 1.29 is 9.21 Å². The molecular formula is C23H16N6O2. The molecule has 8 nitrogen and oxygen atoms in total. The van der Waals surface area contributed by atoms with Gasteiger partial charge in [-0.1, -0.05) is 24.3 Å². The molecule has 2 aromatic carbocycles. The van der Waals surface area contributed by atoms with Crippen LogP contribution >= 0.6 is 0 Å². The highest BCUT2D eigenvalue weighted by atomic mass is 16.4.